The van der Waals surface area contributed by atoms with Gasteiger partial charge in [-0.1, -0.05) is 43.7 Å². The smallest absolute Gasteiger partial charge is 0.355 e. The number of carbonyl (C=O) groups is 2. The minimum atomic E-state index is -0.902. The molecule has 0 radical (unpaired) electrons. The average Bonchev–Trinajstić information content (AvgIpc) is 2.88. The Bertz CT molecular complexity index is 1150. The summed E-state index contributed by atoms with van der Waals surface area (Å²) in [5.41, 5.74) is 7.52. The average molecular weight is 462 g/mol. The predicted molar refractivity (Wildman–Crippen MR) is 126 cm³/mol. The van der Waals surface area contributed by atoms with Crippen molar-refractivity contribution in [1.29, 1.82) is 5.26 Å². The first-order valence-corrected chi connectivity index (χ1v) is 10.9. The Hall–Kier alpha value is -4.25. The molecule has 1 aliphatic heterocycles. The van der Waals surface area contributed by atoms with Crippen molar-refractivity contribution in [2.75, 3.05) is 25.7 Å². The summed E-state index contributed by atoms with van der Waals surface area (Å²) in [5, 5.41) is 10.1. The van der Waals surface area contributed by atoms with Crippen molar-refractivity contribution in [3.8, 4) is 11.8 Å². The van der Waals surface area contributed by atoms with Gasteiger partial charge in [0, 0.05) is 5.69 Å². The van der Waals surface area contributed by atoms with Crippen molar-refractivity contribution in [3.63, 3.8) is 0 Å². The summed E-state index contributed by atoms with van der Waals surface area (Å²) in [6.45, 7) is 2.66. The van der Waals surface area contributed by atoms with Gasteiger partial charge >= 0.3 is 11.9 Å². The Kier molecular flexibility index (Phi) is 7.93. The van der Waals surface area contributed by atoms with Gasteiger partial charge in [-0.3, -0.25) is 4.90 Å². The lowest BCUT2D eigenvalue weighted by molar-refractivity contribution is -0.139. The zero-order chi connectivity index (χ0) is 24.7. The molecule has 2 aromatic carbocycles. The molecule has 0 saturated carbocycles. The second-order valence-electron chi connectivity index (χ2n) is 7.53. The van der Waals surface area contributed by atoms with Gasteiger partial charge in [-0.2, -0.15) is 5.26 Å². The van der Waals surface area contributed by atoms with E-state index in [0.29, 0.717) is 23.6 Å². The van der Waals surface area contributed by atoms with E-state index in [-0.39, 0.29) is 22.7 Å². The van der Waals surface area contributed by atoms with Crippen molar-refractivity contribution < 1.29 is 23.8 Å². The van der Waals surface area contributed by atoms with Crippen LogP contribution in [0.2, 0.25) is 0 Å². The number of nitriles is 1. The monoisotopic (exact) mass is 461 g/mol. The SMILES string of the molecule is CCCCOc1ccc(N2C(N)=C(C#N)C(c3ccccc3)C(C(=O)OC)=C2C(=O)OC)cc1. The maximum atomic E-state index is 13.0. The van der Waals surface area contributed by atoms with Gasteiger partial charge in [-0.15, -0.1) is 0 Å². The number of nitrogens with zero attached hydrogens (tertiary/aromatic N) is 2. The number of ether oxygens (including phenoxy) is 3. The topological polar surface area (TPSA) is 115 Å². The Labute approximate surface area is 198 Å². The van der Waals surface area contributed by atoms with E-state index in [0.717, 1.165) is 12.8 Å². The van der Waals surface area contributed by atoms with Crippen molar-refractivity contribution in [1.82, 2.24) is 0 Å². The van der Waals surface area contributed by atoms with Crippen LogP contribution in [-0.4, -0.2) is 32.8 Å². The summed E-state index contributed by atoms with van der Waals surface area (Å²) in [4.78, 5) is 27.4. The van der Waals surface area contributed by atoms with Crippen LogP contribution in [0.4, 0.5) is 5.69 Å². The van der Waals surface area contributed by atoms with Crippen LogP contribution in [-0.2, 0) is 19.1 Å². The van der Waals surface area contributed by atoms with E-state index in [4.69, 9.17) is 19.9 Å². The molecule has 0 aliphatic carbocycles. The third kappa shape index (κ3) is 4.74. The highest BCUT2D eigenvalue weighted by Gasteiger charge is 2.42. The molecule has 1 unspecified atom stereocenters. The van der Waals surface area contributed by atoms with Crippen LogP contribution >= 0.6 is 0 Å². The minimum Gasteiger partial charge on any atom is -0.494 e. The van der Waals surface area contributed by atoms with Crippen LogP contribution < -0.4 is 15.4 Å². The number of nitrogens with two attached hydrogens (primary N) is 1. The van der Waals surface area contributed by atoms with Gasteiger partial charge in [-0.25, -0.2) is 9.59 Å². The zero-order valence-electron chi connectivity index (χ0n) is 19.4. The third-order valence-electron chi connectivity index (χ3n) is 5.47. The largest absolute Gasteiger partial charge is 0.494 e. The molecule has 0 spiro atoms. The highest BCUT2D eigenvalue weighted by Crippen LogP contribution is 2.43. The molecular weight excluding hydrogens is 434 g/mol. The lowest BCUT2D eigenvalue weighted by Crippen LogP contribution is -2.40. The highest BCUT2D eigenvalue weighted by atomic mass is 16.5. The van der Waals surface area contributed by atoms with Gasteiger partial charge in [0.25, 0.3) is 0 Å². The number of unbranched alkanes of at least 4 members (excludes halogenated alkanes) is 1. The van der Waals surface area contributed by atoms with Crippen molar-refractivity contribution in [3.05, 3.63) is 82.8 Å². The number of esters is 2. The second-order valence-corrected chi connectivity index (χ2v) is 7.53. The number of benzene rings is 2. The maximum Gasteiger partial charge on any atom is 0.355 e. The van der Waals surface area contributed by atoms with E-state index in [1.54, 1.807) is 48.5 Å². The summed E-state index contributed by atoms with van der Waals surface area (Å²) in [7, 11) is 2.43. The normalized spacial score (nSPS) is 15.6. The number of rotatable bonds is 8. The lowest BCUT2D eigenvalue weighted by Gasteiger charge is -2.35. The predicted octanol–water partition coefficient (Wildman–Crippen LogP) is 3.76. The number of carbonyl (C=O) groups excluding carboxylic acids is 2. The Balaban J connectivity index is 2.22. The van der Waals surface area contributed by atoms with Gasteiger partial charge in [0.05, 0.1) is 44.0 Å². The molecule has 176 valence electrons. The first-order valence-electron chi connectivity index (χ1n) is 10.9. The number of hydrogen-bond donors (Lipinski definition) is 1. The van der Waals surface area contributed by atoms with Gasteiger partial charge in [-0.05, 0) is 36.2 Å². The van der Waals surface area contributed by atoms with Crippen molar-refractivity contribution in [2.45, 2.75) is 25.7 Å². The summed E-state index contributed by atoms with van der Waals surface area (Å²) in [5.74, 6) is -1.79. The van der Waals surface area contributed by atoms with E-state index in [1.165, 1.54) is 19.1 Å². The van der Waals surface area contributed by atoms with Crippen molar-refractivity contribution >= 4 is 17.6 Å². The standard InChI is InChI=1S/C26H27N3O5/c1-4-5-15-34-19-13-11-18(12-14-19)29-23(26(31)33-3)22(25(30)32-2)21(20(16-27)24(29)28)17-9-7-6-8-10-17/h6-14,21H,4-5,15,28H2,1-3H3. The summed E-state index contributed by atoms with van der Waals surface area (Å²) >= 11 is 0. The van der Waals surface area contributed by atoms with E-state index in [1.807, 2.05) is 6.07 Å². The number of hydrogen-bond acceptors (Lipinski definition) is 8. The van der Waals surface area contributed by atoms with Crippen molar-refractivity contribution in [2.24, 2.45) is 5.73 Å². The van der Waals surface area contributed by atoms with Crippen LogP contribution in [0.5, 0.6) is 5.75 Å². The molecule has 2 N–H and O–H groups in total. The first kappa shape index (κ1) is 24.4. The fourth-order valence-electron chi connectivity index (χ4n) is 3.81. The second kappa shape index (κ2) is 11.1. The van der Waals surface area contributed by atoms with E-state index in [2.05, 4.69) is 13.0 Å². The third-order valence-corrected chi connectivity index (χ3v) is 5.47. The Morgan fingerprint density at radius 3 is 2.24 bits per heavy atom. The lowest BCUT2D eigenvalue weighted by atomic mass is 9.81. The minimum absolute atomic E-state index is 0.0176. The molecular formula is C26H27N3O5. The van der Waals surface area contributed by atoms with Crippen LogP contribution in [0.3, 0.4) is 0 Å². The molecule has 34 heavy (non-hydrogen) atoms. The first-order chi connectivity index (χ1) is 16.5. The Morgan fingerprint density at radius 1 is 1.03 bits per heavy atom. The molecule has 2 aromatic rings. The van der Waals surface area contributed by atoms with E-state index in [9.17, 15) is 14.9 Å². The molecule has 8 nitrogen and oxygen atoms in total. The molecule has 1 atom stereocenters. The van der Waals surface area contributed by atoms with Gasteiger partial charge in [0.15, 0.2) is 0 Å². The van der Waals surface area contributed by atoms with E-state index >= 15 is 0 Å². The maximum absolute atomic E-state index is 13.0. The Morgan fingerprint density at radius 2 is 1.68 bits per heavy atom. The zero-order valence-corrected chi connectivity index (χ0v) is 19.4. The molecule has 0 saturated heterocycles. The highest BCUT2D eigenvalue weighted by molar-refractivity contribution is 6.06. The summed E-state index contributed by atoms with van der Waals surface area (Å²) in [6, 6.07) is 17.9. The van der Waals surface area contributed by atoms with Gasteiger partial charge in [0.1, 0.15) is 17.3 Å². The fourth-order valence-corrected chi connectivity index (χ4v) is 3.81. The van der Waals surface area contributed by atoms with Gasteiger partial charge < -0.3 is 19.9 Å². The summed E-state index contributed by atoms with van der Waals surface area (Å²) < 4.78 is 15.8. The molecule has 0 aromatic heterocycles. The van der Waals surface area contributed by atoms with E-state index < -0.39 is 17.9 Å². The molecule has 8 heteroatoms. The van der Waals surface area contributed by atoms with Crippen LogP contribution in [0.25, 0.3) is 0 Å². The van der Waals surface area contributed by atoms with Crippen LogP contribution in [0, 0.1) is 11.3 Å². The molecule has 1 heterocycles. The quantitative estimate of drug-likeness (QED) is 0.467. The number of anilines is 1. The number of methoxy groups -OCH3 is 2. The molecule has 3 rings (SSSR count). The molecule has 1 aliphatic rings. The molecule has 0 bridgehead atoms. The number of allylic oxidation sites excluding steroid dienone is 1. The van der Waals surface area contributed by atoms with Crippen LogP contribution in [0.1, 0.15) is 31.2 Å². The molecule has 0 fully saturated rings. The van der Waals surface area contributed by atoms with Crippen LogP contribution in [0.15, 0.2) is 77.3 Å². The summed E-state index contributed by atoms with van der Waals surface area (Å²) in [6.07, 6.45) is 1.93. The fraction of sp³-hybridized carbons (Fsp3) is 0.269. The molecule has 0 amide bonds. The van der Waals surface area contributed by atoms with Gasteiger partial charge in [0.2, 0.25) is 0 Å².